The van der Waals surface area contributed by atoms with E-state index in [9.17, 15) is 9.18 Å². The van der Waals surface area contributed by atoms with Crippen molar-refractivity contribution in [2.45, 2.75) is 28.4 Å². The minimum atomic E-state index is -0.272. The van der Waals surface area contributed by atoms with Gasteiger partial charge in [-0.2, -0.15) is 0 Å². The molecule has 1 heterocycles. The number of nitrogens with zero attached hydrogens (tertiary/aromatic N) is 1. The first kappa shape index (κ1) is 16.4. The molecule has 5 heteroatoms. The molecule has 0 spiro atoms. The first-order valence-corrected chi connectivity index (χ1v) is 9.45. The number of thioether (sulfide) groups is 2. The third-order valence-electron chi connectivity index (χ3n) is 3.73. The summed E-state index contributed by atoms with van der Waals surface area (Å²) in [6.45, 7) is 2.89. The van der Waals surface area contributed by atoms with Gasteiger partial charge in [-0.15, -0.1) is 23.5 Å². The van der Waals surface area contributed by atoms with Crippen LogP contribution >= 0.6 is 23.5 Å². The van der Waals surface area contributed by atoms with Crippen molar-refractivity contribution in [3.05, 3.63) is 54.3 Å². The molecule has 2 aromatic rings. The van der Waals surface area contributed by atoms with Gasteiger partial charge < -0.3 is 4.90 Å². The summed E-state index contributed by atoms with van der Waals surface area (Å²) in [7, 11) is 0. The SMILES string of the molecule is CC1CCN(C(=O)CSc2ccccc2F)c2ccccc2S1. The number of hydrogen-bond donors (Lipinski definition) is 0. The van der Waals surface area contributed by atoms with E-state index < -0.39 is 0 Å². The van der Waals surface area contributed by atoms with E-state index in [0.29, 0.717) is 16.7 Å². The van der Waals surface area contributed by atoms with Crippen LogP contribution in [0.3, 0.4) is 0 Å². The highest BCUT2D eigenvalue weighted by Crippen LogP contribution is 2.37. The molecule has 0 fully saturated rings. The molecule has 0 N–H and O–H groups in total. The van der Waals surface area contributed by atoms with Crippen molar-refractivity contribution in [2.75, 3.05) is 17.2 Å². The van der Waals surface area contributed by atoms with Crippen LogP contribution in [-0.4, -0.2) is 23.5 Å². The molecule has 1 amide bonds. The number of anilines is 1. The summed E-state index contributed by atoms with van der Waals surface area (Å²) in [5.74, 6) is 0.0000524. The summed E-state index contributed by atoms with van der Waals surface area (Å²) in [6.07, 6.45) is 0.954. The maximum absolute atomic E-state index is 13.7. The summed E-state index contributed by atoms with van der Waals surface area (Å²) >= 11 is 3.07. The maximum Gasteiger partial charge on any atom is 0.237 e. The van der Waals surface area contributed by atoms with Gasteiger partial charge >= 0.3 is 0 Å². The second kappa shape index (κ2) is 7.41. The number of para-hydroxylation sites is 1. The highest BCUT2D eigenvalue weighted by molar-refractivity contribution is 8.00. The van der Waals surface area contributed by atoms with E-state index in [1.807, 2.05) is 34.9 Å². The van der Waals surface area contributed by atoms with Crippen molar-refractivity contribution in [3.8, 4) is 0 Å². The fraction of sp³-hybridized carbons (Fsp3) is 0.278. The predicted molar refractivity (Wildman–Crippen MR) is 95.9 cm³/mol. The number of hydrogen-bond acceptors (Lipinski definition) is 3. The summed E-state index contributed by atoms with van der Waals surface area (Å²) in [5, 5.41) is 0.480. The third-order valence-corrected chi connectivity index (χ3v) is 6.00. The van der Waals surface area contributed by atoms with Crippen molar-refractivity contribution in [3.63, 3.8) is 0 Å². The Hall–Kier alpha value is -1.46. The van der Waals surface area contributed by atoms with E-state index in [-0.39, 0.29) is 17.5 Å². The number of rotatable bonds is 3. The quantitative estimate of drug-likeness (QED) is 0.741. The Bertz CT molecular complexity index is 707. The van der Waals surface area contributed by atoms with Gasteiger partial charge in [-0.25, -0.2) is 4.39 Å². The van der Waals surface area contributed by atoms with Gasteiger partial charge in [-0.05, 0) is 30.7 Å². The zero-order valence-electron chi connectivity index (χ0n) is 12.9. The van der Waals surface area contributed by atoms with Crippen LogP contribution in [0.2, 0.25) is 0 Å². The van der Waals surface area contributed by atoms with Crippen molar-refractivity contribution in [1.82, 2.24) is 0 Å². The Labute approximate surface area is 144 Å². The number of fused-ring (bicyclic) bond motifs is 1. The standard InChI is InChI=1S/C18H18FNOS2/c1-13-10-11-20(15-7-3-5-9-17(15)23-13)18(21)12-22-16-8-4-2-6-14(16)19/h2-9,13H,10-12H2,1H3. The van der Waals surface area contributed by atoms with Crippen LogP contribution in [0.1, 0.15) is 13.3 Å². The van der Waals surface area contributed by atoms with Gasteiger partial charge in [0.15, 0.2) is 0 Å². The van der Waals surface area contributed by atoms with Gasteiger partial charge in [0.2, 0.25) is 5.91 Å². The fourth-order valence-corrected chi connectivity index (χ4v) is 4.45. The molecule has 1 aliphatic heterocycles. The number of halogens is 1. The predicted octanol–water partition coefficient (Wildman–Crippen LogP) is 4.84. The summed E-state index contributed by atoms with van der Waals surface area (Å²) in [5.41, 5.74) is 0.973. The highest BCUT2D eigenvalue weighted by Gasteiger charge is 2.24. The number of benzene rings is 2. The van der Waals surface area contributed by atoms with Crippen molar-refractivity contribution >= 4 is 35.1 Å². The van der Waals surface area contributed by atoms with Crippen molar-refractivity contribution in [1.29, 1.82) is 0 Å². The molecule has 1 atom stereocenters. The van der Waals surface area contributed by atoms with Crippen LogP contribution in [0.15, 0.2) is 58.3 Å². The second-order valence-electron chi connectivity index (χ2n) is 5.45. The van der Waals surface area contributed by atoms with Crippen molar-refractivity contribution < 1.29 is 9.18 Å². The van der Waals surface area contributed by atoms with E-state index in [1.54, 1.807) is 18.2 Å². The number of carbonyl (C=O) groups excluding carboxylic acids is 1. The topological polar surface area (TPSA) is 20.3 Å². The molecule has 0 bridgehead atoms. The van der Waals surface area contributed by atoms with E-state index in [0.717, 1.165) is 17.0 Å². The first-order valence-electron chi connectivity index (χ1n) is 7.58. The van der Waals surface area contributed by atoms with E-state index in [2.05, 4.69) is 13.0 Å². The second-order valence-corrected chi connectivity index (χ2v) is 7.95. The number of carbonyl (C=O) groups is 1. The Balaban J connectivity index is 1.75. The Morgan fingerprint density at radius 1 is 1.26 bits per heavy atom. The van der Waals surface area contributed by atoms with Crippen molar-refractivity contribution in [2.24, 2.45) is 0 Å². The average Bonchev–Trinajstić information content (AvgIpc) is 2.72. The summed E-state index contributed by atoms with van der Waals surface area (Å²) in [4.78, 5) is 16.2. The molecule has 2 nitrogen and oxygen atoms in total. The van der Waals surface area contributed by atoms with Gasteiger partial charge in [0.1, 0.15) is 5.82 Å². The molecule has 0 saturated heterocycles. The summed E-state index contributed by atoms with van der Waals surface area (Å²) < 4.78 is 13.7. The largest absolute Gasteiger partial charge is 0.311 e. The van der Waals surface area contributed by atoms with Crippen LogP contribution in [-0.2, 0) is 4.79 Å². The van der Waals surface area contributed by atoms with Crippen LogP contribution < -0.4 is 4.90 Å². The molecule has 0 aromatic heterocycles. The van der Waals surface area contributed by atoms with Gasteiger partial charge in [-0.1, -0.05) is 31.2 Å². The van der Waals surface area contributed by atoms with Crippen LogP contribution in [0.25, 0.3) is 0 Å². The third kappa shape index (κ3) is 3.90. The lowest BCUT2D eigenvalue weighted by Gasteiger charge is -2.22. The van der Waals surface area contributed by atoms with E-state index in [4.69, 9.17) is 0 Å². The number of amides is 1. The molecule has 1 aliphatic rings. The first-order chi connectivity index (χ1) is 11.1. The van der Waals surface area contributed by atoms with Gasteiger partial charge in [0.05, 0.1) is 11.4 Å². The zero-order chi connectivity index (χ0) is 16.2. The Morgan fingerprint density at radius 3 is 2.83 bits per heavy atom. The average molecular weight is 347 g/mol. The zero-order valence-corrected chi connectivity index (χ0v) is 14.5. The summed E-state index contributed by atoms with van der Waals surface area (Å²) in [6, 6.07) is 14.6. The lowest BCUT2D eigenvalue weighted by Crippen LogP contribution is -2.33. The molecule has 3 rings (SSSR count). The molecule has 23 heavy (non-hydrogen) atoms. The molecular weight excluding hydrogens is 329 g/mol. The smallest absolute Gasteiger partial charge is 0.237 e. The Kier molecular flexibility index (Phi) is 5.28. The molecule has 1 unspecified atom stereocenters. The fourth-order valence-electron chi connectivity index (χ4n) is 2.53. The van der Waals surface area contributed by atoms with Crippen LogP contribution in [0.5, 0.6) is 0 Å². The van der Waals surface area contributed by atoms with Gasteiger partial charge in [0.25, 0.3) is 0 Å². The van der Waals surface area contributed by atoms with Crippen LogP contribution in [0, 0.1) is 5.82 Å². The lowest BCUT2D eigenvalue weighted by molar-refractivity contribution is -0.116. The lowest BCUT2D eigenvalue weighted by atomic mass is 10.2. The Morgan fingerprint density at radius 2 is 2.00 bits per heavy atom. The van der Waals surface area contributed by atoms with Crippen LogP contribution in [0.4, 0.5) is 10.1 Å². The molecule has 2 aromatic carbocycles. The van der Waals surface area contributed by atoms with Gasteiger partial charge in [-0.3, -0.25) is 4.79 Å². The molecule has 0 aliphatic carbocycles. The maximum atomic E-state index is 13.7. The van der Waals surface area contributed by atoms with Gasteiger partial charge in [0, 0.05) is 21.6 Å². The van der Waals surface area contributed by atoms with E-state index >= 15 is 0 Å². The normalized spacial score (nSPS) is 17.5. The molecular formula is C18H18FNOS2. The monoisotopic (exact) mass is 347 g/mol. The van der Waals surface area contributed by atoms with E-state index in [1.165, 1.54) is 17.8 Å². The molecule has 0 saturated carbocycles. The minimum absolute atomic E-state index is 0.0282. The molecule has 0 radical (unpaired) electrons. The molecule has 120 valence electrons. The highest BCUT2D eigenvalue weighted by atomic mass is 32.2. The minimum Gasteiger partial charge on any atom is -0.311 e.